The van der Waals surface area contributed by atoms with Gasteiger partial charge in [-0.1, -0.05) is 17.7 Å². The van der Waals surface area contributed by atoms with E-state index in [1.54, 1.807) is 36.4 Å². The van der Waals surface area contributed by atoms with E-state index < -0.39 is 38.7 Å². The number of amides is 2. The number of sulfonamides is 1. The fourth-order valence-corrected chi connectivity index (χ4v) is 7.34. The van der Waals surface area contributed by atoms with Crippen LogP contribution in [0, 0.1) is 12.7 Å². The van der Waals surface area contributed by atoms with Gasteiger partial charge >= 0.3 is 6.09 Å². The molecule has 0 bridgehead atoms. The van der Waals surface area contributed by atoms with Gasteiger partial charge in [0.2, 0.25) is 15.9 Å². The van der Waals surface area contributed by atoms with Crippen LogP contribution in [0.5, 0.6) is 0 Å². The number of nitrogens with one attached hydrogen (secondary N) is 2. The highest BCUT2D eigenvalue weighted by Gasteiger charge is 2.33. The highest BCUT2D eigenvalue weighted by atomic mass is 32.3. The third kappa shape index (κ3) is 6.00. The van der Waals surface area contributed by atoms with E-state index >= 15 is 0 Å². The maximum absolute atomic E-state index is 15.0. The fourth-order valence-electron chi connectivity index (χ4n) is 3.78. The molecule has 0 aromatic heterocycles. The van der Waals surface area contributed by atoms with Crippen LogP contribution < -0.4 is 19.2 Å². The normalized spacial score (nSPS) is 20.4. The number of aryl methyl sites for hydroxylation is 1. The molecule has 1 saturated heterocycles. The van der Waals surface area contributed by atoms with E-state index in [-0.39, 0.29) is 23.9 Å². The zero-order valence-electron chi connectivity index (χ0n) is 19.4. The topological polar surface area (TPSA) is 108 Å². The molecule has 2 aliphatic heterocycles. The van der Waals surface area contributed by atoms with Crippen LogP contribution in [0.3, 0.4) is 0 Å². The lowest BCUT2D eigenvalue weighted by Crippen LogP contribution is -2.35. The molecule has 0 aliphatic carbocycles. The number of ether oxygens (including phenoxy) is 1. The first-order valence-electron chi connectivity index (χ1n) is 11.0. The van der Waals surface area contributed by atoms with Crippen LogP contribution in [0.25, 0.3) is 0 Å². The predicted octanol–water partition coefficient (Wildman–Crippen LogP) is 2.38. The van der Waals surface area contributed by atoms with Gasteiger partial charge in [0, 0.05) is 25.8 Å². The third-order valence-corrected chi connectivity index (χ3v) is 9.46. The lowest BCUT2D eigenvalue weighted by Gasteiger charge is -2.29. The van der Waals surface area contributed by atoms with Crippen LogP contribution >= 0.6 is 10.7 Å². The molecule has 0 saturated carbocycles. The van der Waals surface area contributed by atoms with Crippen molar-refractivity contribution in [2.75, 3.05) is 41.7 Å². The summed E-state index contributed by atoms with van der Waals surface area (Å²) in [5, 5.41) is 4.44. The molecule has 2 aromatic carbocycles. The number of anilines is 2. The van der Waals surface area contributed by atoms with Crippen LogP contribution in [0.2, 0.25) is 0 Å². The Morgan fingerprint density at radius 3 is 2.60 bits per heavy atom. The molecule has 2 N–H and O–H groups in total. The van der Waals surface area contributed by atoms with Crippen molar-refractivity contribution in [1.29, 1.82) is 0 Å². The zero-order valence-corrected chi connectivity index (χ0v) is 21.0. The van der Waals surface area contributed by atoms with Crippen LogP contribution in [0.15, 0.2) is 47.4 Å². The largest absolute Gasteiger partial charge is 0.442 e. The molecule has 2 aliphatic rings. The van der Waals surface area contributed by atoms with E-state index in [1.807, 2.05) is 17.2 Å². The fraction of sp³-hybridized carbons (Fsp3) is 0.348. The van der Waals surface area contributed by atoms with Gasteiger partial charge in [0.25, 0.3) is 0 Å². The van der Waals surface area contributed by atoms with Gasteiger partial charge in [0.15, 0.2) is 0 Å². The van der Waals surface area contributed by atoms with Gasteiger partial charge in [-0.3, -0.25) is 9.69 Å². The minimum atomic E-state index is -3.63. The van der Waals surface area contributed by atoms with Crippen LogP contribution in [0.1, 0.15) is 12.5 Å². The summed E-state index contributed by atoms with van der Waals surface area (Å²) in [7, 11) is -4.30. The average Bonchev–Trinajstić information content (AvgIpc) is 3.19. The van der Waals surface area contributed by atoms with Gasteiger partial charge < -0.3 is 15.0 Å². The number of hydrogen-bond acceptors (Lipinski definition) is 6. The van der Waals surface area contributed by atoms with Crippen LogP contribution in [-0.2, 0) is 19.6 Å². The van der Waals surface area contributed by atoms with Gasteiger partial charge in [-0.25, -0.2) is 17.6 Å². The standard InChI is InChI=1S/C23H27FN4O5S2/c1-16-3-6-20(7-4-16)35(31,32)26-34-11-9-27(10-12-34)22-8-5-18(13-21(22)24)28-15-19(33-23(28)30)14-25-17(2)29/h3-8,11,13,19,26H,9-10,12,14-15H2,1-2H3,(H,25,29). The molecule has 0 spiro atoms. The Kier molecular flexibility index (Phi) is 7.43. The average molecular weight is 523 g/mol. The number of benzene rings is 2. The van der Waals surface area contributed by atoms with E-state index in [2.05, 4.69) is 9.44 Å². The molecule has 12 heteroatoms. The van der Waals surface area contributed by atoms with Crippen molar-refractivity contribution >= 4 is 49.4 Å². The number of nitrogens with zero attached hydrogens (tertiary/aromatic N) is 2. The molecule has 35 heavy (non-hydrogen) atoms. The lowest BCUT2D eigenvalue weighted by molar-refractivity contribution is -0.119. The van der Waals surface area contributed by atoms with E-state index in [0.717, 1.165) is 5.56 Å². The summed E-state index contributed by atoms with van der Waals surface area (Å²) >= 11 is 0. The summed E-state index contributed by atoms with van der Waals surface area (Å²) in [4.78, 5) is 26.6. The van der Waals surface area contributed by atoms with Crippen molar-refractivity contribution in [3.63, 3.8) is 0 Å². The van der Waals surface area contributed by atoms with Crippen molar-refractivity contribution in [2.24, 2.45) is 0 Å². The summed E-state index contributed by atoms with van der Waals surface area (Å²) in [5.41, 5.74) is 1.72. The number of hydrogen-bond donors (Lipinski definition) is 2. The molecule has 2 atom stereocenters. The number of cyclic esters (lactones) is 1. The molecule has 0 radical (unpaired) electrons. The quantitative estimate of drug-likeness (QED) is 0.541. The number of halogens is 1. The highest BCUT2D eigenvalue weighted by Crippen LogP contribution is 2.29. The first kappa shape index (κ1) is 25.1. The number of carbonyl (C=O) groups excluding carboxylic acids is 2. The summed E-state index contributed by atoms with van der Waals surface area (Å²) in [6.07, 6.45) is -1.10. The van der Waals surface area contributed by atoms with Crippen molar-refractivity contribution in [3.8, 4) is 0 Å². The second-order valence-electron chi connectivity index (χ2n) is 8.33. The van der Waals surface area contributed by atoms with Gasteiger partial charge in [-0.05, 0) is 42.6 Å². The molecule has 9 nitrogen and oxygen atoms in total. The Morgan fingerprint density at radius 1 is 1.23 bits per heavy atom. The Morgan fingerprint density at radius 2 is 1.97 bits per heavy atom. The molecule has 2 aromatic rings. The Labute approximate surface area is 206 Å². The third-order valence-electron chi connectivity index (χ3n) is 5.66. The van der Waals surface area contributed by atoms with E-state index in [9.17, 15) is 22.4 Å². The lowest BCUT2D eigenvalue weighted by atomic mass is 10.2. The monoisotopic (exact) mass is 522 g/mol. The molecule has 188 valence electrons. The minimum absolute atomic E-state index is 0.192. The summed E-state index contributed by atoms with van der Waals surface area (Å²) in [6, 6.07) is 11.2. The Bertz CT molecular complexity index is 1270. The zero-order chi connectivity index (χ0) is 25.2. The molecule has 2 unspecified atom stereocenters. The van der Waals surface area contributed by atoms with Crippen LogP contribution in [0.4, 0.5) is 20.6 Å². The molecule has 2 heterocycles. The molecule has 1 fully saturated rings. The van der Waals surface area contributed by atoms with Gasteiger partial charge in [-0.2, -0.15) is 4.13 Å². The molecule has 2 amide bonds. The van der Waals surface area contributed by atoms with Gasteiger partial charge in [0.05, 0.1) is 29.4 Å². The second-order valence-corrected chi connectivity index (χ2v) is 12.1. The van der Waals surface area contributed by atoms with E-state index in [1.165, 1.54) is 17.9 Å². The first-order chi connectivity index (χ1) is 16.6. The number of rotatable bonds is 7. The maximum Gasteiger partial charge on any atom is 0.414 e. The highest BCUT2D eigenvalue weighted by molar-refractivity contribution is 8.20. The van der Waals surface area contributed by atoms with E-state index in [0.29, 0.717) is 30.2 Å². The molecule has 4 rings (SSSR count). The van der Waals surface area contributed by atoms with Crippen molar-refractivity contribution in [3.05, 3.63) is 53.8 Å². The van der Waals surface area contributed by atoms with Gasteiger partial charge in [-0.15, -0.1) is 10.7 Å². The van der Waals surface area contributed by atoms with Crippen molar-refractivity contribution < 1.29 is 27.1 Å². The van der Waals surface area contributed by atoms with E-state index in [4.69, 9.17) is 4.74 Å². The number of carbonyl (C=O) groups is 2. The Hall–Kier alpha value is -2.96. The summed E-state index contributed by atoms with van der Waals surface area (Å²) in [5.74, 6) is -0.203. The second kappa shape index (κ2) is 10.3. The van der Waals surface area contributed by atoms with Gasteiger partial charge in [0.1, 0.15) is 11.9 Å². The first-order valence-corrected chi connectivity index (χ1v) is 14.0. The summed E-state index contributed by atoms with van der Waals surface area (Å²) in [6.45, 7) is 4.51. The Balaban J connectivity index is 1.40. The van der Waals surface area contributed by atoms with Crippen molar-refractivity contribution in [1.82, 2.24) is 9.44 Å². The smallest absolute Gasteiger partial charge is 0.414 e. The SMILES string of the molecule is CC(=O)NCC1CN(c2ccc(N3CC=S(NS(=O)(=O)c4ccc(C)cc4)CC3)c(F)c2)C(=O)O1. The molecular weight excluding hydrogens is 495 g/mol. The van der Waals surface area contributed by atoms with Crippen LogP contribution in [-0.4, -0.2) is 63.8 Å². The summed E-state index contributed by atoms with van der Waals surface area (Å²) < 4.78 is 48.2. The predicted molar refractivity (Wildman–Crippen MR) is 135 cm³/mol. The van der Waals surface area contributed by atoms with Crippen molar-refractivity contribution in [2.45, 2.75) is 24.8 Å². The minimum Gasteiger partial charge on any atom is -0.442 e. The molecular formula is C23H27FN4O5S2. The maximum atomic E-state index is 15.0.